The highest BCUT2D eigenvalue weighted by Crippen LogP contribution is 2.16. The van der Waals surface area contributed by atoms with Crippen LogP contribution in [0.4, 0.5) is 5.69 Å². The maximum atomic E-state index is 11.7. The summed E-state index contributed by atoms with van der Waals surface area (Å²) in [6.07, 6.45) is 0.973. The highest BCUT2D eigenvalue weighted by atomic mass is 16.1. The highest BCUT2D eigenvalue weighted by molar-refractivity contribution is 5.85. The number of anilines is 1. The number of nitrogens with one attached hydrogen (secondary N) is 1. The van der Waals surface area contributed by atoms with Crippen LogP contribution < -0.4 is 16.0 Å². The molecule has 1 aromatic carbocycles. The minimum Gasteiger partial charge on any atom is -0.369 e. The zero-order chi connectivity index (χ0) is 14.3. The van der Waals surface area contributed by atoms with Gasteiger partial charge in [0.2, 0.25) is 5.91 Å². The molecule has 3 N–H and O–H groups in total. The van der Waals surface area contributed by atoms with Gasteiger partial charge in [-0.05, 0) is 38.9 Å². The lowest BCUT2D eigenvalue weighted by atomic mass is 10.00. The molecule has 1 unspecified atom stereocenters. The molecular weight excluding hydrogens is 238 g/mol. The molecule has 4 heteroatoms. The van der Waals surface area contributed by atoms with Gasteiger partial charge in [-0.1, -0.05) is 25.1 Å². The Hall–Kier alpha value is -1.55. The standard InChI is InChI=1S/C15H25N3O/c1-4-11-17-15(3,14(16)19)12-18(5-2)13-9-7-6-8-10-13/h6-10,17H,4-5,11-12H2,1-3H3,(H2,16,19). The number of amides is 1. The van der Waals surface area contributed by atoms with Crippen molar-refractivity contribution in [3.63, 3.8) is 0 Å². The summed E-state index contributed by atoms with van der Waals surface area (Å²) in [7, 11) is 0. The fraction of sp³-hybridized carbons (Fsp3) is 0.533. The van der Waals surface area contributed by atoms with E-state index in [1.807, 2.05) is 37.3 Å². The van der Waals surface area contributed by atoms with Crippen molar-refractivity contribution < 1.29 is 4.79 Å². The van der Waals surface area contributed by atoms with Gasteiger partial charge >= 0.3 is 0 Å². The van der Waals surface area contributed by atoms with Gasteiger partial charge < -0.3 is 16.0 Å². The molecule has 1 atom stereocenters. The summed E-state index contributed by atoms with van der Waals surface area (Å²) in [6, 6.07) is 10.1. The van der Waals surface area contributed by atoms with Gasteiger partial charge in [-0.25, -0.2) is 0 Å². The van der Waals surface area contributed by atoms with Gasteiger partial charge in [-0.2, -0.15) is 0 Å². The molecule has 0 heterocycles. The van der Waals surface area contributed by atoms with E-state index in [2.05, 4.69) is 24.1 Å². The number of carbonyl (C=O) groups is 1. The maximum Gasteiger partial charge on any atom is 0.239 e. The molecule has 0 saturated carbocycles. The van der Waals surface area contributed by atoms with Crippen molar-refractivity contribution in [2.24, 2.45) is 5.73 Å². The summed E-state index contributed by atoms with van der Waals surface area (Å²) in [5.74, 6) is -0.310. The van der Waals surface area contributed by atoms with Gasteiger partial charge in [-0.15, -0.1) is 0 Å². The Labute approximate surface area is 116 Å². The predicted octanol–water partition coefficient (Wildman–Crippen LogP) is 1.76. The average Bonchev–Trinajstić information content (AvgIpc) is 2.43. The van der Waals surface area contributed by atoms with Crippen LogP contribution >= 0.6 is 0 Å². The number of benzene rings is 1. The quantitative estimate of drug-likeness (QED) is 0.751. The summed E-state index contributed by atoms with van der Waals surface area (Å²) in [5, 5.41) is 3.26. The Kier molecular flexibility index (Phi) is 5.83. The summed E-state index contributed by atoms with van der Waals surface area (Å²) >= 11 is 0. The molecule has 0 radical (unpaired) electrons. The van der Waals surface area contributed by atoms with Crippen LogP contribution in [0.2, 0.25) is 0 Å². The van der Waals surface area contributed by atoms with Crippen LogP contribution in [0, 0.1) is 0 Å². The number of primary amides is 1. The zero-order valence-electron chi connectivity index (χ0n) is 12.1. The summed E-state index contributed by atoms with van der Waals surface area (Å²) in [6.45, 7) is 8.21. The first-order valence-corrected chi connectivity index (χ1v) is 6.88. The second-order valence-electron chi connectivity index (χ2n) is 4.97. The Morgan fingerprint density at radius 3 is 2.42 bits per heavy atom. The van der Waals surface area contributed by atoms with Crippen LogP contribution in [-0.4, -0.2) is 31.1 Å². The lowest BCUT2D eigenvalue weighted by Gasteiger charge is -2.34. The van der Waals surface area contributed by atoms with Crippen LogP contribution in [0.3, 0.4) is 0 Å². The van der Waals surface area contributed by atoms with E-state index in [0.717, 1.165) is 25.2 Å². The van der Waals surface area contributed by atoms with Gasteiger partial charge in [0.1, 0.15) is 5.54 Å². The molecule has 0 spiro atoms. The monoisotopic (exact) mass is 263 g/mol. The van der Waals surface area contributed by atoms with Crippen LogP contribution in [0.25, 0.3) is 0 Å². The second kappa shape index (κ2) is 7.14. The third-order valence-corrected chi connectivity index (χ3v) is 3.32. The summed E-state index contributed by atoms with van der Waals surface area (Å²) in [4.78, 5) is 13.9. The second-order valence-corrected chi connectivity index (χ2v) is 4.97. The molecule has 106 valence electrons. The van der Waals surface area contributed by atoms with E-state index in [-0.39, 0.29) is 5.91 Å². The Bertz CT molecular complexity index is 394. The molecule has 0 saturated heterocycles. The van der Waals surface area contributed by atoms with Crippen LogP contribution in [0.1, 0.15) is 27.2 Å². The van der Waals surface area contributed by atoms with E-state index in [4.69, 9.17) is 5.73 Å². The third-order valence-electron chi connectivity index (χ3n) is 3.32. The molecule has 0 aromatic heterocycles. The highest BCUT2D eigenvalue weighted by Gasteiger charge is 2.32. The number of hydrogen-bond donors (Lipinski definition) is 2. The molecule has 1 aromatic rings. The third kappa shape index (κ3) is 4.24. The number of nitrogens with zero attached hydrogens (tertiary/aromatic N) is 1. The summed E-state index contributed by atoms with van der Waals surface area (Å²) < 4.78 is 0. The van der Waals surface area contributed by atoms with Crippen molar-refractivity contribution in [1.82, 2.24) is 5.32 Å². The molecule has 0 aliphatic carbocycles. The maximum absolute atomic E-state index is 11.7. The summed E-state index contributed by atoms with van der Waals surface area (Å²) in [5.41, 5.74) is 5.97. The van der Waals surface area contributed by atoms with Crippen LogP contribution in [0.15, 0.2) is 30.3 Å². The van der Waals surface area contributed by atoms with Gasteiger partial charge in [0, 0.05) is 18.8 Å². The molecule has 4 nitrogen and oxygen atoms in total. The lowest BCUT2D eigenvalue weighted by molar-refractivity contribution is -0.123. The normalized spacial score (nSPS) is 13.8. The zero-order valence-corrected chi connectivity index (χ0v) is 12.1. The molecule has 1 rings (SSSR count). The molecule has 0 aliphatic heterocycles. The molecule has 1 amide bonds. The SMILES string of the molecule is CCCNC(C)(CN(CC)c1ccccc1)C(N)=O. The number of likely N-dealkylation sites (N-methyl/N-ethyl adjacent to an activating group) is 1. The van der Waals surface area contributed by atoms with Crippen molar-refractivity contribution in [3.8, 4) is 0 Å². The first kappa shape index (κ1) is 15.5. The van der Waals surface area contributed by atoms with Crippen molar-refractivity contribution in [2.75, 3.05) is 24.5 Å². The lowest BCUT2D eigenvalue weighted by Crippen LogP contribution is -2.59. The predicted molar refractivity (Wildman–Crippen MR) is 80.2 cm³/mol. The van der Waals surface area contributed by atoms with Gasteiger partial charge in [-0.3, -0.25) is 4.79 Å². The smallest absolute Gasteiger partial charge is 0.239 e. The van der Waals surface area contributed by atoms with Gasteiger partial charge in [0.15, 0.2) is 0 Å². The Morgan fingerprint density at radius 1 is 1.32 bits per heavy atom. The van der Waals surface area contributed by atoms with E-state index in [9.17, 15) is 4.79 Å². The average molecular weight is 263 g/mol. The molecule has 19 heavy (non-hydrogen) atoms. The molecule has 0 aliphatic rings. The van der Waals surface area contributed by atoms with Crippen LogP contribution in [0.5, 0.6) is 0 Å². The number of nitrogens with two attached hydrogens (primary N) is 1. The van der Waals surface area contributed by atoms with Gasteiger partial charge in [0.25, 0.3) is 0 Å². The van der Waals surface area contributed by atoms with E-state index in [0.29, 0.717) is 6.54 Å². The molecular formula is C15H25N3O. The number of carbonyl (C=O) groups excluding carboxylic acids is 1. The van der Waals surface area contributed by atoms with E-state index >= 15 is 0 Å². The minimum absolute atomic E-state index is 0.310. The first-order chi connectivity index (χ1) is 9.03. The fourth-order valence-electron chi connectivity index (χ4n) is 2.03. The Morgan fingerprint density at radius 2 is 1.95 bits per heavy atom. The largest absolute Gasteiger partial charge is 0.369 e. The van der Waals surface area contributed by atoms with E-state index in [1.165, 1.54) is 0 Å². The molecule has 0 fully saturated rings. The topological polar surface area (TPSA) is 58.4 Å². The number of hydrogen-bond acceptors (Lipinski definition) is 3. The van der Waals surface area contributed by atoms with Crippen molar-refractivity contribution in [3.05, 3.63) is 30.3 Å². The molecule has 0 bridgehead atoms. The van der Waals surface area contributed by atoms with E-state index < -0.39 is 5.54 Å². The van der Waals surface area contributed by atoms with Crippen molar-refractivity contribution in [1.29, 1.82) is 0 Å². The fourth-order valence-corrected chi connectivity index (χ4v) is 2.03. The van der Waals surface area contributed by atoms with Gasteiger partial charge in [0.05, 0.1) is 0 Å². The number of para-hydroxylation sites is 1. The minimum atomic E-state index is -0.706. The van der Waals surface area contributed by atoms with Crippen LogP contribution in [-0.2, 0) is 4.79 Å². The van der Waals surface area contributed by atoms with E-state index in [1.54, 1.807) is 0 Å². The van der Waals surface area contributed by atoms with Crippen molar-refractivity contribution in [2.45, 2.75) is 32.7 Å². The Balaban J connectivity index is 2.84. The van der Waals surface area contributed by atoms with Crippen molar-refractivity contribution >= 4 is 11.6 Å². The first-order valence-electron chi connectivity index (χ1n) is 6.88. The number of rotatable bonds is 8.